The van der Waals surface area contributed by atoms with E-state index in [0.717, 1.165) is 18.5 Å². The summed E-state index contributed by atoms with van der Waals surface area (Å²) in [6.45, 7) is 11.8. The van der Waals surface area contributed by atoms with Crippen molar-refractivity contribution in [2.45, 2.75) is 52.1 Å². The van der Waals surface area contributed by atoms with Gasteiger partial charge in [0.05, 0.1) is 0 Å². The predicted molar refractivity (Wildman–Crippen MR) is 80.1 cm³/mol. The molecule has 1 rings (SSSR count). The maximum absolute atomic E-state index is 3.65. The highest BCUT2D eigenvalue weighted by Crippen LogP contribution is 2.12. The first kappa shape index (κ1) is 15.9. The molecule has 1 N–H and O–H groups in total. The van der Waals surface area contributed by atoms with Crippen molar-refractivity contribution < 1.29 is 0 Å². The molecule has 0 bridgehead atoms. The smallest absolute Gasteiger partial charge is 0.0229 e. The van der Waals surface area contributed by atoms with Crippen molar-refractivity contribution in [2.24, 2.45) is 5.92 Å². The number of rotatable bonds is 8. The summed E-state index contributed by atoms with van der Waals surface area (Å²) in [6.07, 6.45) is 3.97. The molecule has 0 spiro atoms. The molecule has 2 unspecified atom stereocenters. The Morgan fingerprint density at radius 2 is 1.94 bits per heavy atom. The number of hydrogen-bond donors (Lipinski definition) is 1. The van der Waals surface area contributed by atoms with E-state index in [4.69, 9.17) is 0 Å². The van der Waals surface area contributed by atoms with Crippen molar-refractivity contribution in [3.05, 3.63) is 0 Å². The van der Waals surface area contributed by atoms with Crippen molar-refractivity contribution in [3.8, 4) is 0 Å². The van der Waals surface area contributed by atoms with E-state index in [9.17, 15) is 0 Å². The van der Waals surface area contributed by atoms with E-state index in [-0.39, 0.29) is 0 Å². The first-order chi connectivity index (χ1) is 8.49. The van der Waals surface area contributed by atoms with Gasteiger partial charge in [0.15, 0.2) is 0 Å². The molecule has 3 nitrogen and oxygen atoms in total. The van der Waals surface area contributed by atoms with E-state index in [0.29, 0.717) is 6.04 Å². The van der Waals surface area contributed by atoms with E-state index in [2.05, 4.69) is 50.0 Å². The summed E-state index contributed by atoms with van der Waals surface area (Å²) in [5.41, 5.74) is 0. The van der Waals surface area contributed by atoms with Gasteiger partial charge in [-0.05, 0) is 52.7 Å². The van der Waals surface area contributed by atoms with Gasteiger partial charge < -0.3 is 15.1 Å². The SMILES string of the molecule is CC(C)CCC(C)NCCN1CCC(N(C)C)C1. The zero-order valence-corrected chi connectivity index (χ0v) is 13.1. The first-order valence-electron chi connectivity index (χ1n) is 7.61. The van der Waals surface area contributed by atoms with Gasteiger partial charge in [-0.2, -0.15) is 0 Å². The van der Waals surface area contributed by atoms with Crippen LogP contribution in [0.25, 0.3) is 0 Å². The standard InChI is InChI=1S/C15H33N3/c1-13(2)6-7-14(3)16-9-11-18-10-8-15(12-18)17(4)5/h13-16H,6-12H2,1-5H3. The maximum atomic E-state index is 3.65. The molecule has 108 valence electrons. The fraction of sp³-hybridized carbons (Fsp3) is 1.00. The Morgan fingerprint density at radius 1 is 1.22 bits per heavy atom. The van der Waals surface area contributed by atoms with Crippen molar-refractivity contribution in [3.63, 3.8) is 0 Å². The maximum Gasteiger partial charge on any atom is 0.0229 e. The van der Waals surface area contributed by atoms with Crippen LogP contribution in [0, 0.1) is 5.92 Å². The lowest BCUT2D eigenvalue weighted by atomic mass is 10.0. The monoisotopic (exact) mass is 255 g/mol. The van der Waals surface area contributed by atoms with Gasteiger partial charge in [0.2, 0.25) is 0 Å². The van der Waals surface area contributed by atoms with Crippen LogP contribution in [0.4, 0.5) is 0 Å². The molecule has 0 amide bonds. The zero-order chi connectivity index (χ0) is 13.5. The van der Waals surface area contributed by atoms with Crippen LogP contribution in [0.2, 0.25) is 0 Å². The summed E-state index contributed by atoms with van der Waals surface area (Å²) in [5, 5.41) is 3.65. The molecule has 0 radical (unpaired) electrons. The molecule has 0 aromatic rings. The van der Waals surface area contributed by atoms with Gasteiger partial charge in [-0.15, -0.1) is 0 Å². The average Bonchev–Trinajstić information content (AvgIpc) is 2.75. The highest BCUT2D eigenvalue weighted by Gasteiger charge is 2.23. The van der Waals surface area contributed by atoms with Crippen LogP contribution >= 0.6 is 0 Å². The molecule has 1 heterocycles. The third kappa shape index (κ3) is 6.17. The third-order valence-electron chi connectivity index (χ3n) is 4.08. The Hall–Kier alpha value is -0.120. The predicted octanol–water partition coefficient (Wildman–Crippen LogP) is 2.04. The Labute approximate surface area is 114 Å². The van der Waals surface area contributed by atoms with Gasteiger partial charge in [0, 0.05) is 31.7 Å². The van der Waals surface area contributed by atoms with E-state index in [1.165, 1.54) is 38.9 Å². The molecule has 0 aliphatic carbocycles. The Morgan fingerprint density at radius 3 is 2.50 bits per heavy atom. The second-order valence-electron chi connectivity index (χ2n) is 6.53. The van der Waals surface area contributed by atoms with Crippen LogP contribution in [0.15, 0.2) is 0 Å². The van der Waals surface area contributed by atoms with Gasteiger partial charge in [0.25, 0.3) is 0 Å². The molecular weight excluding hydrogens is 222 g/mol. The Bertz CT molecular complexity index is 216. The normalized spacial score (nSPS) is 23.2. The molecule has 0 saturated carbocycles. The van der Waals surface area contributed by atoms with Crippen molar-refractivity contribution >= 4 is 0 Å². The van der Waals surface area contributed by atoms with Crippen molar-refractivity contribution in [1.82, 2.24) is 15.1 Å². The van der Waals surface area contributed by atoms with Crippen LogP contribution in [0.1, 0.15) is 40.0 Å². The van der Waals surface area contributed by atoms with Gasteiger partial charge in [-0.3, -0.25) is 0 Å². The van der Waals surface area contributed by atoms with Gasteiger partial charge in [0.1, 0.15) is 0 Å². The molecule has 0 aromatic heterocycles. The molecule has 3 heteroatoms. The lowest BCUT2D eigenvalue weighted by Crippen LogP contribution is -2.37. The van der Waals surface area contributed by atoms with Crippen LogP contribution in [0.5, 0.6) is 0 Å². The summed E-state index contributed by atoms with van der Waals surface area (Å²) >= 11 is 0. The molecule has 0 aromatic carbocycles. The second-order valence-corrected chi connectivity index (χ2v) is 6.53. The quantitative estimate of drug-likeness (QED) is 0.716. The second kappa shape index (κ2) is 8.13. The summed E-state index contributed by atoms with van der Waals surface area (Å²) in [6, 6.07) is 1.43. The lowest BCUT2D eigenvalue weighted by molar-refractivity contribution is 0.266. The summed E-state index contributed by atoms with van der Waals surface area (Å²) in [4.78, 5) is 4.95. The van der Waals surface area contributed by atoms with E-state index >= 15 is 0 Å². The molecule has 1 saturated heterocycles. The minimum absolute atomic E-state index is 0.666. The highest BCUT2D eigenvalue weighted by molar-refractivity contribution is 4.81. The van der Waals surface area contributed by atoms with Crippen LogP contribution in [-0.4, -0.2) is 62.2 Å². The molecule has 1 fully saturated rings. The fourth-order valence-electron chi connectivity index (χ4n) is 2.59. The van der Waals surface area contributed by atoms with E-state index in [1.54, 1.807) is 0 Å². The average molecular weight is 255 g/mol. The molecule has 1 aliphatic rings. The fourth-order valence-corrected chi connectivity index (χ4v) is 2.59. The summed E-state index contributed by atoms with van der Waals surface area (Å²) in [7, 11) is 4.39. The van der Waals surface area contributed by atoms with Crippen LogP contribution < -0.4 is 5.32 Å². The highest BCUT2D eigenvalue weighted by atomic mass is 15.2. The van der Waals surface area contributed by atoms with Gasteiger partial charge in [-0.1, -0.05) is 13.8 Å². The number of likely N-dealkylation sites (N-methyl/N-ethyl adjacent to an activating group) is 1. The van der Waals surface area contributed by atoms with E-state index in [1.807, 2.05) is 0 Å². The zero-order valence-electron chi connectivity index (χ0n) is 13.1. The van der Waals surface area contributed by atoms with Gasteiger partial charge in [-0.25, -0.2) is 0 Å². The minimum Gasteiger partial charge on any atom is -0.313 e. The largest absolute Gasteiger partial charge is 0.313 e. The molecule has 1 aliphatic heterocycles. The van der Waals surface area contributed by atoms with Crippen molar-refractivity contribution in [2.75, 3.05) is 40.3 Å². The third-order valence-corrected chi connectivity index (χ3v) is 4.08. The minimum atomic E-state index is 0.666. The number of hydrogen-bond acceptors (Lipinski definition) is 3. The van der Waals surface area contributed by atoms with Gasteiger partial charge >= 0.3 is 0 Å². The van der Waals surface area contributed by atoms with Crippen LogP contribution in [0.3, 0.4) is 0 Å². The number of likely N-dealkylation sites (tertiary alicyclic amines) is 1. The summed E-state index contributed by atoms with van der Waals surface area (Å²) in [5.74, 6) is 0.827. The molecule has 2 atom stereocenters. The van der Waals surface area contributed by atoms with Crippen molar-refractivity contribution in [1.29, 1.82) is 0 Å². The Balaban J connectivity index is 2.04. The topological polar surface area (TPSA) is 18.5 Å². The first-order valence-corrected chi connectivity index (χ1v) is 7.61. The lowest BCUT2D eigenvalue weighted by Gasteiger charge is -2.21. The molecule has 18 heavy (non-hydrogen) atoms. The molecular formula is C15H33N3. The number of nitrogens with zero attached hydrogens (tertiary/aromatic N) is 2. The van der Waals surface area contributed by atoms with E-state index < -0.39 is 0 Å². The number of nitrogens with one attached hydrogen (secondary N) is 1. The summed E-state index contributed by atoms with van der Waals surface area (Å²) < 4.78 is 0. The Kier molecular flexibility index (Phi) is 7.20. The van der Waals surface area contributed by atoms with Crippen LogP contribution in [-0.2, 0) is 0 Å².